The van der Waals surface area contributed by atoms with Gasteiger partial charge in [0, 0.05) is 19.4 Å². The highest BCUT2D eigenvalue weighted by molar-refractivity contribution is 7.15. The van der Waals surface area contributed by atoms with E-state index in [4.69, 9.17) is 16.3 Å². The summed E-state index contributed by atoms with van der Waals surface area (Å²) in [6, 6.07) is 5.37. The summed E-state index contributed by atoms with van der Waals surface area (Å²) in [7, 11) is 1.42. The monoisotopic (exact) mass is 337 g/mol. The summed E-state index contributed by atoms with van der Waals surface area (Å²) in [5.41, 5.74) is 0.726. The number of rotatable bonds is 5. The molecule has 0 radical (unpaired) electrons. The van der Waals surface area contributed by atoms with E-state index >= 15 is 0 Å². The highest BCUT2D eigenvalue weighted by atomic mass is 35.5. The average molecular weight is 338 g/mol. The van der Waals surface area contributed by atoms with Crippen molar-refractivity contribution in [2.24, 2.45) is 0 Å². The van der Waals surface area contributed by atoms with E-state index in [2.05, 4.69) is 4.98 Å². The van der Waals surface area contributed by atoms with Gasteiger partial charge in [0.25, 0.3) is 5.65 Å². The third-order valence-corrected chi connectivity index (χ3v) is 4.28. The average Bonchev–Trinajstić information content (AvgIpc) is 3.02. The molecule has 0 aliphatic rings. The van der Waals surface area contributed by atoms with Gasteiger partial charge in [0.05, 0.1) is 11.1 Å². The number of Topliss-reactive ketones (excluding diaryl/α,β-unsaturated/α-hetero) is 1. The summed E-state index contributed by atoms with van der Waals surface area (Å²) in [6.45, 7) is 0.180. The van der Waals surface area contributed by atoms with Gasteiger partial charge in [-0.05, 0) is 6.07 Å². The van der Waals surface area contributed by atoms with E-state index < -0.39 is 0 Å². The molecule has 0 spiro atoms. The second-order valence-electron chi connectivity index (χ2n) is 4.60. The summed E-state index contributed by atoms with van der Waals surface area (Å²) in [5.74, 6) is -0.701. The molecule has 0 aliphatic heterocycles. The van der Waals surface area contributed by atoms with Crippen LogP contribution in [0, 0.1) is 0 Å². The number of thiazole rings is 1. The number of ether oxygens (including phenoxy) is 1. The summed E-state index contributed by atoms with van der Waals surface area (Å²) in [4.78, 5) is 17.0. The fourth-order valence-electron chi connectivity index (χ4n) is 2.30. The lowest BCUT2D eigenvalue weighted by atomic mass is 10.3. The van der Waals surface area contributed by atoms with Gasteiger partial charge in [-0.25, -0.2) is 9.55 Å². The van der Waals surface area contributed by atoms with E-state index in [0.717, 1.165) is 4.88 Å². The highest BCUT2D eigenvalue weighted by Crippen LogP contribution is 2.23. The predicted molar refractivity (Wildman–Crippen MR) is 79.5 cm³/mol. The lowest BCUT2D eigenvalue weighted by Gasteiger charge is -2.05. The van der Waals surface area contributed by atoms with Crippen molar-refractivity contribution < 1.29 is 19.0 Å². The summed E-state index contributed by atoms with van der Waals surface area (Å²) in [6.07, 6.45) is 3.32. The van der Waals surface area contributed by atoms with Gasteiger partial charge in [-0.1, -0.05) is 17.7 Å². The molecular formula is C14H12ClN3O3S. The molecule has 114 valence electrons. The van der Waals surface area contributed by atoms with E-state index in [1.54, 1.807) is 28.9 Å². The number of hydrogen-bond acceptors (Lipinski definition) is 5. The fourth-order valence-corrected chi connectivity index (χ4v) is 3.26. The smallest absolute Gasteiger partial charge is 0.286 e. The standard InChI is InChI=1S/C14H12ClN3O3S/c1-21-8-10(19)12-13(20)18(7-9-6-16-14(15)22-9)11-4-2-3-5-17(11)12/h2-6H,7-8H2,1H3. The van der Waals surface area contributed by atoms with Crippen LogP contribution in [-0.2, 0) is 11.3 Å². The molecule has 0 amide bonds. The minimum Gasteiger partial charge on any atom is -0.839 e. The quantitative estimate of drug-likeness (QED) is 0.519. The number of fused-ring (bicyclic) bond motifs is 1. The maximum atomic E-state index is 12.6. The molecular weight excluding hydrogens is 326 g/mol. The number of ketones is 1. The Labute approximate surface area is 135 Å². The van der Waals surface area contributed by atoms with Crippen LogP contribution < -0.4 is 9.51 Å². The first-order valence-corrected chi connectivity index (χ1v) is 7.63. The zero-order chi connectivity index (χ0) is 15.7. The van der Waals surface area contributed by atoms with Gasteiger partial charge in [0.15, 0.2) is 4.47 Å². The van der Waals surface area contributed by atoms with E-state index in [1.807, 2.05) is 6.07 Å². The Balaban J connectivity index is 2.13. The Morgan fingerprint density at radius 2 is 2.36 bits per heavy atom. The maximum Gasteiger partial charge on any atom is 0.286 e. The molecule has 0 saturated carbocycles. The van der Waals surface area contributed by atoms with Gasteiger partial charge < -0.3 is 9.84 Å². The largest absolute Gasteiger partial charge is 0.839 e. The number of pyridine rings is 1. The van der Waals surface area contributed by atoms with Crippen LogP contribution >= 0.6 is 22.9 Å². The molecule has 3 aromatic heterocycles. The zero-order valence-electron chi connectivity index (χ0n) is 11.7. The van der Waals surface area contributed by atoms with Gasteiger partial charge >= 0.3 is 0 Å². The molecule has 6 nitrogen and oxygen atoms in total. The molecule has 8 heteroatoms. The van der Waals surface area contributed by atoms with Crippen LogP contribution in [-0.4, -0.2) is 29.1 Å². The third-order valence-electron chi connectivity index (χ3n) is 3.18. The molecule has 0 saturated heterocycles. The topological polar surface area (TPSA) is 71.3 Å². The molecule has 0 fully saturated rings. The molecule has 3 aromatic rings. The number of aromatic nitrogens is 3. The molecule has 0 atom stereocenters. The molecule has 22 heavy (non-hydrogen) atoms. The first kappa shape index (κ1) is 15.0. The SMILES string of the molecule is COCC(=O)c1c([O-])n(Cc2cnc(Cl)s2)c2cccc[n+]12. The van der Waals surface area contributed by atoms with Crippen molar-refractivity contribution in [3.05, 3.63) is 45.6 Å². The maximum absolute atomic E-state index is 12.6. The molecule has 0 N–H and O–H groups in total. The van der Waals surface area contributed by atoms with E-state index in [9.17, 15) is 9.90 Å². The molecule has 3 heterocycles. The molecule has 0 bridgehead atoms. The molecule has 0 aromatic carbocycles. The van der Waals surface area contributed by atoms with Gasteiger partial charge in [-0.15, -0.1) is 11.3 Å². The Hall–Kier alpha value is -1.96. The van der Waals surface area contributed by atoms with E-state index in [0.29, 0.717) is 16.7 Å². The van der Waals surface area contributed by atoms with Gasteiger partial charge in [0.1, 0.15) is 19.0 Å². The van der Waals surface area contributed by atoms with E-state index in [1.165, 1.54) is 23.0 Å². The second kappa shape index (κ2) is 6.04. The number of hydrogen-bond donors (Lipinski definition) is 0. The van der Waals surface area contributed by atoms with Crippen LogP contribution in [0.15, 0.2) is 30.6 Å². The lowest BCUT2D eigenvalue weighted by molar-refractivity contribution is -0.516. The molecule has 0 unspecified atom stereocenters. The third kappa shape index (κ3) is 2.58. The summed E-state index contributed by atoms with van der Waals surface area (Å²) in [5, 5.41) is 12.6. The Morgan fingerprint density at radius 1 is 1.55 bits per heavy atom. The van der Waals surface area contributed by atoms with Crippen molar-refractivity contribution >= 4 is 34.4 Å². The van der Waals surface area contributed by atoms with Gasteiger partial charge in [0.2, 0.25) is 11.5 Å². The van der Waals surface area contributed by atoms with Crippen LogP contribution in [0.2, 0.25) is 4.47 Å². The Bertz CT molecular complexity index is 843. The summed E-state index contributed by atoms with van der Waals surface area (Å²) >= 11 is 7.13. The van der Waals surface area contributed by atoms with Crippen molar-refractivity contribution in [3.63, 3.8) is 0 Å². The molecule has 3 rings (SSSR count). The number of methoxy groups -OCH3 is 1. The zero-order valence-corrected chi connectivity index (χ0v) is 13.2. The fraction of sp³-hybridized carbons (Fsp3) is 0.214. The number of nitrogens with zero attached hydrogens (tertiary/aromatic N) is 3. The van der Waals surface area contributed by atoms with Crippen molar-refractivity contribution in [3.8, 4) is 5.88 Å². The van der Waals surface area contributed by atoms with Crippen molar-refractivity contribution in [2.75, 3.05) is 13.7 Å². The number of halogens is 1. The first-order chi connectivity index (χ1) is 10.6. The van der Waals surface area contributed by atoms with Crippen molar-refractivity contribution in [1.82, 2.24) is 9.55 Å². The second-order valence-corrected chi connectivity index (χ2v) is 6.30. The van der Waals surface area contributed by atoms with Gasteiger partial charge in [-0.3, -0.25) is 4.79 Å². The molecule has 0 aliphatic carbocycles. The van der Waals surface area contributed by atoms with Gasteiger partial charge in [-0.2, -0.15) is 4.40 Å². The number of imidazole rings is 1. The van der Waals surface area contributed by atoms with Crippen LogP contribution in [0.1, 0.15) is 15.4 Å². The Morgan fingerprint density at radius 3 is 3.05 bits per heavy atom. The van der Waals surface area contributed by atoms with E-state index in [-0.39, 0.29) is 24.0 Å². The highest BCUT2D eigenvalue weighted by Gasteiger charge is 2.25. The predicted octanol–water partition coefficient (Wildman–Crippen LogP) is 1.29. The minimum atomic E-state index is -0.352. The first-order valence-electron chi connectivity index (χ1n) is 6.44. The minimum absolute atomic E-state index is 0.0908. The van der Waals surface area contributed by atoms with Crippen LogP contribution in [0.3, 0.4) is 0 Å². The van der Waals surface area contributed by atoms with Crippen LogP contribution in [0.5, 0.6) is 5.88 Å². The normalized spacial score (nSPS) is 11.2. The van der Waals surface area contributed by atoms with Crippen molar-refractivity contribution in [1.29, 1.82) is 0 Å². The van der Waals surface area contributed by atoms with Crippen molar-refractivity contribution in [2.45, 2.75) is 6.54 Å². The van der Waals surface area contributed by atoms with Crippen LogP contribution in [0.25, 0.3) is 5.65 Å². The number of carbonyl (C=O) groups is 1. The Kier molecular flexibility index (Phi) is 4.10. The summed E-state index contributed by atoms with van der Waals surface area (Å²) < 4.78 is 8.40. The lowest BCUT2D eigenvalue weighted by Crippen LogP contribution is -2.29. The van der Waals surface area contributed by atoms with Crippen LogP contribution in [0.4, 0.5) is 0 Å². The number of carbonyl (C=O) groups excluding carboxylic acids is 1.